The Labute approximate surface area is 231 Å². The van der Waals surface area contributed by atoms with Gasteiger partial charge >= 0.3 is 0 Å². The van der Waals surface area contributed by atoms with Crippen LogP contribution >= 0.6 is 23.2 Å². The summed E-state index contributed by atoms with van der Waals surface area (Å²) < 4.78 is 12.6. The number of aryl methyl sites for hydroxylation is 1. The van der Waals surface area contributed by atoms with Crippen molar-refractivity contribution < 1.29 is 14.3 Å². The van der Waals surface area contributed by atoms with Crippen LogP contribution in [0.25, 0.3) is 22.0 Å². The third kappa shape index (κ3) is 5.60. The van der Waals surface area contributed by atoms with Gasteiger partial charge in [-0.15, -0.1) is 0 Å². The van der Waals surface area contributed by atoms with Gasteiger partial charge in [0.05, 0.1) is 35.3 Å². The zero-order valence-electron chi connectivity index (χ0n) is 21.6. The number of ether oxygens (including phenoxy) is 2. The minimum atomic E-state index is -0.234. The van der Waals surface area contributed by atoms with Gasteiger partial charge < -0.3 is 29.6 Å². The fraction of sp³-hybridized carbons (Fsp3) is 0.370. The number of methoxy groups -OCH3 is 2. The molecule has 0 unspecified atom stereocenters. The molecule has 0 bridgehead atoms. The van der Waals surface area contributed by atoms with Crippen LogP contribution in [0.3, 0.4) is 0 Å². The van der Waals surface area contributed by atoms with Crippen LogP contribution in [0.15, 0.2) is 41.8 Å². The average molecular weight is 560 g/mol. The molecule has 3 aromatic rings. The molecule has 1 saturated heterocycles. The maximum Gasteiger partial charge on any atom is 0.259 e. The predicted molar refractivity (Wildman–Crippen MR) is 152 cm³/mol. The summed E-state index contributed by atoms with van der Waals surface area (Å²) >= 11 is 13.3. The van der Waals surface area contributed by atoms with Crippen molar-refractivity contribution in [1.29, 1.82) is 0 Å². The van der Waals surface area contributed by atoms with E-state index in [1.807, 2.05) is 6.07 Å². The molecule has 4 rings (SSSR count). The van der Waals surface area contributed by atoms with Gasteiger partial charge in [0.25, 0.3) is 5.56 Å². The van der Waals surface area contributed by atoms with E-state index >= 15 is 0 Å². The lowest BCUT2D eigenvalue weighted by molar-refractivity contribution is -0.117. The third-order valence-electron chi connectivity index (χ3n) is 6.74. The monoisotopic (exact) mass is 559 g/mol. The summed E-state index contributed by atoms with van der Waals surface area (Å²) in [6.07, 6.45) is 4.61. The first-order valence-electron chi connectivity index (χ1n) is 12.3. The van der Waals surface area contributed by atoms with Crippen LogP contribution in [0.1, 0.15) is 12.8 Å². The highest BCUT2D eigenvalue weighted by atomic mass is 35.5. The number of halogens is 2. The van der Waals surface area contributed by atoms with Crippen LogP contribution < -0.4 is 25.7 Å². The minimum absolute atomic E-state index is 0.101. The van der Waals surface area contributed by atoms with Gasteiger partial charge in [0.1, 0.15) is 17.3 Å². The number of likely N-dealkylation sites (tertiary alicyclic amines) is 1. The van der Waals surface area contributed by atoms with Crippen LogP contribution in [-0.2, 0) is 11.3 Å². The first-order chi connectivity index (χ1) is 18.3. The van der Waals surface area contributed by atoms with Gasteiger partial charge in [0.15, 0.2) is 0 Å². The second-order valence-electron chi connectivity index (χ2n) is 9.03. The van der Waals surface area contributed by atoms with Crippen molar-refractivity contribution in [3.63, 3.8) is 0 Å². The predicted octanol–water partition coefficient (Wildman–Crippen LogP) is 4.20. The Balaban J connectivity index is 1.71. The number of benzene rings is 1. The molecule has 0 spiro atoms. The number of carbonyl (C=O) groups is 1. The number of hydrogen-bond acceptors (Lipinski definition) is 7. The summed E-state index contributed by atoms with van der Waals surface area (Å²) in [4.78, 5) is 32.3. The number of nitrogens with one attached hydrogen (secondary N) is 2. The topological polar surface area (TPSA) is 97.7 Å². The summed E-state index contributed by atoms with van der Waals surface area (Å²) in [6, 6.07) is 5.30. The van der Waals surface area contributed by atoms with Crippen molar-refractivity contribution in [3.8, 4) is 22.6 Å². The van der Waals surface area contributed by atoms with E-state index in [9.17, 15) is 9.59 Å². The standard InChI is InChI=1S/C27H31Cl2N5O4/c1-5-23(35)32-17-7-10-33(15-17)8-6-9-34-19-12-22(30-2)31-14-16(19)11-18(27(34)36)24-25(28)20(37-3)13-21(38-4)26(24)29/h5,11-14,17H,1,6-10,15H2,2-4H3,(H,30,31)(H,32,35)/t17-/m0/s1. The van der Waals surface area contributed by atoms with E-state index in [1.54, 1.807) is 29.9 Å². The lowest BCUT2D eigenvalue weighted by Gasteiger charge is -2.19. The molecule has 202 valence electrons. The zero-order valence-corrected chi connectivity index (χ0v) is 23.2. The number of nitrogens with zero attached hydrogens (tertiary/aromatic N) is 3. The molecule has 9 nitrogen and oxygen atoms in total. The summed E-state index contributed by atoms with van der Waals surface area (Å²) in [5, 5.41) is 7.21. The maximum absolute atomic E-state index is 14.0. The van der Waals surface area contributed by atoms with Gasteiger partial charge in [0.2, 0.25) is 5.91 Å². The van der Waals surface area contributed by atoms with E-state index in [1.165, 1.54) is 20.3 Å². The molecule has 11 heteroatoms. The quantitative estimate of drug-likeness (QED) is 0.359. The number of anilines is 1. The van der Waals surface area contributed by atoms with Crippen LogP contribution in [0, 0.1) is 0 Å². The van der Waals surface area contributed by atoms with Crippen molar-refractivity contribution in [3.05, 3.63) is 57.4 Å². The van der Waals surface area contributed by atoms with Gasteiger partial charge in [-0.3, -0.25) is 9.59 Å². The molecule has 0 radical (unpaired) electrons. The first kappa shape index (κ1) is 27.8. The Hall–Kier alpha value is -3.27. The average Bonchev–Trinajstić information content (AvgIpc) is 3.37. The molecule has 1 aliphatic rings. The molecule has 1 aromatic carbocycles. The van der Waals surface area contributed by atoms with Crippen LogP contribution in [0.4, 0.5) is 5.82 Å². The number of aromatic nitrogens is 2. The van der Waals surface area contributed by atoms with E-state index in [0.717, 1.165) is 43.4 Å². The van der Waals surface area contributed by atoms with Crippen molar-refractivity contribution in [2.45, 2.75) is 25.4 Å². The molecule has 1 atom stereocenters. The summed E-state index contributed by atoms with van der Waals surface area (Å²) in [7, 11) is 4.76. The van der Waals surface area contributed by atoms with Crippen molar-refractivity contribution >= 4 is 45.8 Å². The smallest absolute Gasteiger partial charge is 0.259 e. The first-order valence-corrected chi connectivity index (χ1v) is 13.0. The molecule has 1 amide bonds. The molecular formula is C27H31Cl2N5O4. The highest BCUT2D eigenvalue weighted by molar-refractivity contribution is 6.41. The lowest BCUT2D eigenvalue weighted by atomic mass is 10.0. The lowest BCUT2D eigenvalue weighted by Crippen LogP contribution is -2.36. The van der Waals surface area contributed by atoms with E-state index in [2.05, 4.69) is 27.1 Å². The maximum atomic E-state index is 14.0. The van der Waals surface area contributed by atoms with Gasteiger partial charge in [-0.1, -0.05) is 29.8 Å². The van der Waals surface area contributed by atoms with Crippen molar-refractivity contribution in [2.75, 3.05) is 46.2 Å². The summed E-state index contributed by atoms with van der Waals surface area (Å²) in [5.41, 5.74) is 1.19. The fourth-order valence-electron chi connectivity index (χ4n) is 4.80. The number of rotatable bonds is 10. The number of hydrogen-bond donors (Lipinski definition) is 2. The van der Waals surface area contributed by atoms with Gasteiger partial charge in [-0.25, -0.2) is 4.98 Å². The Morgan fingerprint density at radius 3 is 2.53 bits per heavy atom. The fourth-order valence-corrected chi connectivity index (χ4v) is 5.50. The zero-order chi connectivity index (χ0) is 27.4. The summed E-state index contributed by atoms with van der Waals surface area (Å²) in [5.74, 6) is 1.19. The number of pyridine rings is 2. The number of carbonyl (C=O) groups excluding carboxylic acids is 1. The largest absolute Gasteiger partial charge is 0.495 e. The highest BCUT2D eigenvalue weighted by Gasteiger charge is 2.24. The second-order valence-corrected chi connectivity index (χ2v) is 9.79. The van der Waals surface area contributed by atoms with Gasteiger partial charge in [0, 0.05) is 62.0 Å². The van der Waals surface area contributed by atoms with Crippen molar-refractivity contribution in [2.24, 2.45) is 0 Å². The van der Waals surface area contributed by atoms with E-state index in [-0.39, 0.29) is 27.6 Å². The van der Waals surface area contributed by atoms with Crippen molar-refractivity contribution in [1.82, 2.24) is 19.8 Å². The Morgan fingerprint density at radius 2 is 1.89 bits per heavy atom. The normalized spacial score (nSPS) is 15.4. The Morgan fingerprint density at radius 1 is 1.18 bits per heavy atom. The molecule has 0 aliphatic carbocycles. The molecule has 3 heterocycles. The molecule has 1 fully saturated rings. The Bertz CT molecular complexity index is 1400. The molecule has 2 N–H and O–H groups in total. The van der Waals surface area contributed by atoms with E-state index in [0.29, 0.717) is 35.0 Å². The SMILES string of the molecule is C=CC(=O)N[C@H]1CCN(CCCn2c(=O)c(-c3c(Cl)c(OC)cc(OC)c3Cl)cc3cnc(NC)cc32)C1. The van der Waals surface area contributed by atoms with Crippen LogP contribution in [-0.4, -0.2) is 67.3 Å². The second kappa shape index (κ2) is 12.1. The van der Waals surface area contributed by atoms with Gasteiger partial charge in [-0.05, 0) is 31.5 Å². The molecule has 2 aromatic heterocycles. The van der Waals surface area contributed by atoms with Crippen LogP contribution in [0.2, 0.25) is 10.0 Å². The number of fused-ring (bicyclic) bond motifs is 1. The Kier molecular flexibility index (Phi) is 8.81. The third-order valence-corrected chi connectivity index (χ3v) is 7.49. The molecule has 38 heavy (non-hydrogen) atoms. The minimum Gasteiger partial charge on any atom is -0.495 e. The summed E-state index contributed by atoms with van der Waals surface area (Å²) in [6.45, 7) is 6.39. The van der Waals surface area contributed by atoms with Crippen LogP contribution in [0.5, 0.6) is 11.5 Å². The molecule has 1 aliphatic heterocycles. The highest BCUT2D eigenvalue weighted by Crippen LogP contribution is 2.45. The molecule has 0 saturated carbocycles. The molecular weight excluding hydrogens is 529 g/mol. The number of amides is 1. The van der Waals surface area contributed by atoms with E-state index in [4.69, 9.17) is 32.7 Å². The van der Waals surface area contributed by atoms with Gasteiger partial charge in [-0.2, -0.15) is 0 Å². The van der Waals surface area contributed by atoms with E-state index < -0.39 is 0 Å².